The zero-order chi connectivity index (χ0) is 13.1. The molecule has 0 atom stereocenters. The summed E-state index contributed by atoms with van der Waals surface area (Å²) in [6.07, 6.45) is 0. The lowest BCUT2D eigenvalue weighted by Gasteiger charge is -2.07. The zero-order valence-electron chi connectivity index (χ0n) is 9.06. The highest BCUT2D eigenvalue weighted by Gasteiger charge is 2.09. The molecule has 2 N–H and O–H groups in total. The van der Waals surface area contributed by atoms with Gasteiger partial charge in [0.15, 0.2) is 11.6 Å². The molecule has 0 saturated heterocycles. The second kappa shape index (κ2) is 5.29. The largest absolute Gasteiger partial charge is 0.436 e. The summed E-state index contributed by atoms with van der Waals surface area (Å²) in [5, 5.41) is -0.0157. The molecule has 1 aromatic heterocycles. The van der Waals surface area contributed by atoms with Crippen molar-refractivity contribution in [3.05, 3.63) is 52.9 Å². The third-order valence-corrected chi connectivity index (χ3v) is 2.61. The maximum absolute atomic E-state index is 13.6. The Morgan fingerprint density at radius 1 is 1.28 bits per heavy atom. The predicted octanol–water partition coefficient (Wildman–Crippen LogP) is 3.30. The Balaban J connectivity index is 2.31. The van der Waals surface area contributed by atoms with E-state index in [0.29, 0.717) is 5.69 Å². The van der Waals surface area contributed by atoms with E-state index in [4.69, 9.17) is 34.3 Å². The number of hydrogen-bond donors (Lipinski definition) is 1. The lowest BCUT2D eigenvalue weighted by molar-refractivity contribution is 0.427. The molecule has 92 valence electrons. The van der Waals surface area contributed by atoms with E-state index in [2.05, 4.69) is 4.98 Å². The minimum absolute atomic E-state index is 0.00455. The summed E-state index contributed by atoms with van der Waals surface area (Å²) in [4.78, 5) is 4.19. The van der Waals surface area contributed by atoms with Gasteiger partial charge in [-0.15, -0.1) is 0 Å². The molecule has 0 bridgehead atoms. The molecular weight excluding hydrogens is 275 g/mol. The average molecular weight is 283 g/mol. The molecule has 1 heterocycles. The third-order valence-electron chi connectivity index (χ3n) is 2.11. The van der Waals surface area contributed by atoms with Crippen molar-refractivity contribution in [2.24, 2.45) is 5.73 Å². The Morgan fingerprint density at radius 3 is 2.72 bits per heavy atom. The van der Waals surface area contributed by atoms with E-state index in [1.54, 1.807) is 24.3 Å². The van der Waals surface area contributed by atoms with E-state index in [1.807, 2.05) is 0 Å². The van der Waals surface area contributed by atoms with Crippen LogP contribution in [-0.4, -0.2) is 9.97 Å². The zero-order valence-corrected chi connectivity index (χ0v) is 10.6. The molecule has 3 nitrogen and oxygen atoms in total. The van der Waals surface area contributed by atoms with Crippen LogP contribution in [0.1, 0.15) is 5.69 Å². The molecule has 2 rings (SSSR count). The van der Waals surface area contributed by atoms with Crippen LogP contribution < -0.4 is 10.5 Å². The van der Waals surface area contributed by atoms with Crippen LogP contribution in [0.25, 0.3) is 0 Å². The van der Waals surface area contributed by atoms with E-state index in [1.165, 1.54) is 12.1 Å². The van der Waals surface area contributed by atoms with Crippen LogP contribution in [0.2, 0.25) is 5.02 Å². The normalized spacial score (nSPS) is 10.1. The number of benzene rings is 1. The smallest absolute Gasteiger partial charge is 0.220 e. The topological polar surface area (TPSA) is 48.1 Å². The number of halogens is 2. The highest BCUT2D eigenvalue weighted by Crippen LogP contribution is 2.27. The molecule has 18 heavy (non-hydrogen) atoms. The van der Waals surface area contributed by atoms with Crippen LogP contribution in [0.4, 0.5) is 4.39 Å². The van der Waals surface area contributed by atoms with Gasteiger partial charge in [0.25, 0.3) is 0 Å². The Hall–Kier alpha value is -1.72. The summed E-state index contributed by atoms with van der Waals surface area (Å²) >= 11 is 10.4. The molecule has 1 aromatic carbocycles. The van der Waals surface area contributed by atoms with E-state index in [-0.39, 0.29) is 21.6 Å². The molecule has 0 aliphatic carbocycles. The first-order chi connectivity index (χ1) is 8.58. The fourth-order valence-corrected chi connectivity index (χ4v) is 1.56. The maximum atomic E-state index is 13.6. The van der Waals surface area contributed by atoms with E-state index < -0.39 is 5.82 Å². The second-order valence-corrected chi connectivity index (χ2v) is 4.23. The van der Waals surface area contributed by atoms with Crippen molar-refractivity contribution in [1.29, 1.82) is 0 Å². The fourth-order valence-electron chi connectivity index (χ4n) is 1.28. The molecule has 6 heteroatoms. The summed E-state index contributed by atoms with van der Waals surface area (Å²) in [6, 6.07) is 9.35. The molecule has 0 spiro atoms. The number of pyridine rings is 1. The number of nitrogens with two attached hydrogens (primary N) is 1. The SMILES string of the molecule is NC(=S)c1cccc(Oc2cccc(Cl)c2F)n1. The number of nitrogens with zero attached hydrogens (tertiary/aromatic N) is 1. The molecule has 0 unspecified atom stereocenters. The van der Waals surface area contributed by atoms with Crippen molar-refractivity contribution in [3.8, 4) is 11.6 Å². The Labute approximate surface area is 113 Å². The first-order valence-corrected chi connectivity index (χ1v) is 5.75. The van der Waals surface area contributed by atoms with Crippen LogP contribution >= 0.6 is 23.8 Å². The van der Waals surface area contributed by atoms with Crippen molar-refractivity contribution in [1.82, 2.24) is 4.98 Å². The molecule has 0 fully saturated rings. The van der Waals surface area contributed by atoms with Gasteiger partial charge >= 0.3 is 0 Å². The van der Waals surface area contributed by atoms with Gasteiger partial charge in [-0.2, -0.15) is 0 Å². The summed E-state index contributed by atoms with van der Waals surface area (Å²) in [7, 11) is 0. The number of hydrogen-bond acceptors (Lipinski definition) is 3. The maximum Gasteiger partial charge on any atom is 0.220 e. The van der Waals surface area contributed by atoms with Crippen molar-refractivity contribution in [2.75, 3.05) is 0 Å². The molecule has 0 aliphatic rings. The number of ether oxygens (including phenoxy) is 1. The summed E-state index contributed by atoms with van der Waals surface area (Å²) in [5.74, 6) is -0.446. The number of aromatic nitrogens is 1. The summed E-state index contributed by atoms with van der Waals surface area (Å²) in [5.41, 5.74) is 5.86. The van der Waals surface area contributed by atoms with Gasteiger partial charge in [-0.05, 0) is 18.2 Å². The molecule has 2 aromatic rings. The van der Waals surface area contributed by atoms with Crippen LogP contribution in [0.5, 0.6) is 11.6 Å². The Morgan fingerprint density at radius 2 is 2.00 bits per heavy atom. The Bertz CT molecular complexity index is 606. The molecule has 0 aliphatic heterocycles. The van der Waals surface area contributed by atoms with Gasteiger partial charge in [0.05, 0.1) is 5.02 Å². The van der Waals surface area contributed by atoms with Crippen LogP contribution in [0.3, 0.4) is 0 Å². The first-order valence-electron chi connectivity index (χ1n) is 4.96. The van der Waals surface area contributed by atoms with Gasteiger partial charge in [-0.3, -0.25) is 0 Å². The van der Waals surface area contributed by atoms with Crippen LogP contribution in [0, 0.1) is 5.82 Å². The van der Waals surface area contributed by atoms with Crippen molar-refractivity contribution in [3.63, 3.8) is 0 Å². The summed E-state index contributed by atoms with van der Waals surface area (Å²) < 4.78 is 18.9. The summed E-state index contributed by atoms with van der Waals surface area (Å²) in [6.45, 7) is 0. The van der Waals surface area contributed by atoms with Gasteiger partial charge in [0.1, 0.15) is 10.7 Å². The highest BCUT2D eigenvalue weighted by atomic mass is 35.5. The lowest BCUT2D eigenvalue weighted by atomic mass is 10.3. The van der Waals surface area contributed by atoms with Crippen molar-refractivity contribution < 1.29 is 9.13 Å². The molecular formula is C12H8ClFN2OS. The van der Waals surface area contributed by atoms with E-state index in [9.17, 15) is 4.39 Å². The van der Waals surface area contributed by atoms with Crippen LogP contribution in [0.15, 0.2) is 36.4 Å². The van der Waals surface area contributed by atoms with E-state index in [0.717, 1.165) is 0 Å². The van der Waals surface area contributed by atoms with Gasteiger partial charge in [-0.1, -0.05) is 36.0 Å². The van der Waals surface area contributed by atoms with E-state index >= 15 is 0 Å². The van der Waals surface area contributed by atoms with Gasteiger partial charge in [-0.25, -0.2) is 9.37 Å². The van der Waals surface area contributed by atoms with Gasteiger partial charge in [0, 0.05) is 6.07 Å². The Kier molecular flexibility index (Phi) is 3.74. The van der Waals surface area contributed by atoms with Crippen molar-refractivity contribution >= 4 is 28.8 Å². The molecule has 0 saturated carbocycles. The van der Waals surface area contributed by atoms with Gasteiger partial charge in [0.2, 0.25) is 5.88 Å². The standard InChI is InChI=1S/C12H8ClFN2OS/c13-7-3-1-5-9(11(7)14)17-10-6-2-4-8(16-10)12(15)18/h1-6H,(H2,15,18). The fraction of sp³-hybridized carbons (Fsp3) is 0. The lowest BCUT2D eigenvalue weighted by Crippen LogP contribution is -2.11. The molecule has 0 amide bonds. The third kappa shape index (κ3) is 2.75. The quantitative estimate of drug-likeness (QED) is 0.878. The van der Waals surface area contributed by atoms with Crippen molar-refractivity contribution in [2.45, 2.75) is 0 Å². The predicted molar refractivity (Wildman–Crippen MR) is 71.6 cm³/mol. The van der Waals surface area contributed by atoms with Gasteiger partial charge < -0.3 is 10.5 Å². The van der Waals surface area contributed by atoms with Crippen LogP contribution in [-0.2, 0) is 0 Å². The number of rotatable bonds is 3. The minimum atomic E-state index is -0.637. The second-order valence-electron chi connectivity index (χ2n) is 3.38. The highest BCUT2D eigenvalue weighted by molar-refractivity contribution is 7.80. The molecule has 0 radical (unpaired) electrons. The minimum Gasteiger partial charge on any atom is -0.436 e. The number of thiocarbonyl (C=S) groups is 1. The first kappa shape index (κ1) is 12.7. The monoisotopic (exact) mass is 282 g/mol. The average Bonchev–Trinajstić information content (AvgIpc) is 2.35.